The Labute approximate surface area is 122 Å². The third-order valence-electron chi connectivity index (χ3n) is 3.11. The van der Waals surface area contributed by atoms with Crippen LogP contribution in [0.25, 0.3) is 0 Å². The lowest BCUT2D eigenvalue weighted by Gasteiger charge is -2.11. The number of aliphatic carboxylic acids is 1. The number of aryl methyl sites for hydroxylation is 4. The molecule has 1 heterocycles. The SMILES string of the molecule is Cc1cc(C)c(Nc2nc(C)c(CC(=O)O)s2)c(C)c1. The van der Waals surface area contributed by atoms with E-state index in [1.807, 2.05) is 6.92 Å². The summed E-state index contributed by atoms with van der Waals surface area (Å²) >= 11 is 1.40. The molecule has 4 nitrogen and oxygen atoms in total. The molecule has 0 amide bonds. The van der Waals surface area contributed by atoms with E-state index >= 15 is 0 Å². The number of aromatic nitrogens is 1. The number of carboxylic acid groups (broad SMARTS) is 1. The fourth-order valence-corrected chi connectivity index (χ4v) is 3.23. The number of nitrogens with one attached hydrogen (secondary N) is 1. The highest BCUT2D eigenvalue weighted by molar-refractivity contribution is 7.15. The summed E-state index contributed by atoms with van der Waals surface area (Å²) in [4.78, 5) is 16.0. The minimum absolute atomic E-state index is 0.0248. The van der Waals surface area contributed by atoms with E-state index in [2.05, 4.69) is 43.2 Å². The second kappa shape index (κ2) is 5.63. The molecule has 0 aliphatic carbocycles. The Hall–Kier alpha value is -1.88. The summed E-state index contributed by atoms with van der Waals surface area (Å²) in [5, 5.41) is 12.9. The third-order valence-corrected chi connectivity index (χ3v) is 4.19. The van der Waals surface area contributed by atoms with Crippen molar-refractivity contribution in [3.05, 3.63) is 39.4 Å². The van der Waals surface area contributed by atoms with Crippen LogP contribution in [0.5, 0.6) is 0 Å². The van der Waals surface area contributed by atoms with Gasteiger partial charge in [-0.2, -0.15) is 0 Å². The van der Waals surface area contributed by atoms with Gasteiger partial charge in [-0.25, -0.2) is 4.98 Å². The maximum atomic E-state index is 10.8. The van der Waals surface area contributed by atoms with Crippen LogP contribution in [0.1, 0.15) is 27.3 Å². The highest BCUT2D eigenvalue weighted by atomic mass is 32.1. The second-order valence-electron chi connectivity index (χ2n) is 5.00. The summed E-state index contributed by atoms with van der Waals surface area (Å²) in [6, 6.07) is 4.24. The van der Waals surface area contributed by atoms with Crippen molar-refractivity contribution in [2.75, 3.05) is 5.32 Å². The zero-order valence-electron chi connectivity index (χ0n) is 12.1. The van der Waals surface area contributed by atoms with Crippen molar-refractivity contribution in [3.63, 3.8) is 0 Å². The average Bonchev–Trinajstić information content (AvgIpc) is 2.63. The van der Waals surface area contributed by atoms with Crippen molar-refractivity contribution in [1.82, 2.24) is 4.98 Å². The summed E-state index contributed by atoms with van der Waals surface area (Å²) in [6.45, 7) is 8.03. The Balaban J connectivity index is 2.29. The lowest BCUT2D eigenvalue weighted by atomic mass is 10.1. The van der Waals surface area contributed by atoms with E-state index in [1.165, 1.54) is 16.9 Å². The van der Waals surface area contributed by atoms with Gasteiger partial charge in [0, 0.05) is 10.6 Å². The van der Waals surface area contributed by atoms with Crippen LogP contribution in [0.15, 0.2) is 12.1 Å². The monoisotopic (exact) mass is 290 g/mol. The van der Waals surface area contributed by atoms with Gasteiger partial charge in [-0.15, -0.1) is 11.3 Å². The molecule has 2 rings (SSSR count). The quantitative estimate of drug-likeness (QED) is 0.900. The number of hydrogen-bond donors (Lipinski definition) is 2. The van der Waals surface area contributed by atoms with Crippen molar-refractivity contribution < 1.29 is 9.90 Å². The van der Waals surface area contributed by atoms with Crippen LogP contribution in [0.2, 0.25) is 0 Å². The number of hydrogen-bond acceptors (Lipinski definition) is 4. The summed E-state index contributed by atoms with van der Waals surface area (Å²) in [5.41, 5.74) is 5.38. The maximum Gasteiger partial charge on any atom is 0.308 e. The molecule has 0 spiro atoms. The predicted octanol–water partition coefficient (Wildman–Crippen LogP) is 3.75. The van der Waals surface area contributed by atoms with Crippen LogP contribution >= 0.6 is 11.3 Å². The molecule has 0 unspecified atom stereocenters. The number of thiazole rings is 1. The third kappa shape index (κ3) is 3.17. The average molecular weight is 290 g/mol. The van der Waals surface area contributed by atoms with Gasteiger partial charge < -0.3 is 10.4 Å². The van der Waals surface area contributed by atoms with Crippen LogP contribution in [0.4, 0.5) is 10.8 Å². The Bertz CT molecular complexity index is 639. The fourth-order valence-electron chi connectivity index (χ4n) is 2.27. The second-order valence-corrected chi connectivity index (χ2v) is 6.08. The van der Waals surface area contributed by atoms with E-state index in [-0.39, 0.29) is 6.42 Å². The van der Waals surface area contributed by atoms with Gasteiger partial charge in [0.1, 0.15) is 0 Å². The topological polar surface area (TPSA) is 62.2 Å². The molecule has 0 bridgehead atoms. The number of carboxylic acids is 1. The molecule has 2 N–H and O–H groups in total. The largest absolute Gasteiger partial charge is 0.481 e. The molecule has 2 aromatic rings. The summed E-state index contributed by atoms with van der Waals surface area (Å²) in [7, 11) is 0. The molecule has 0 atom stereocenters. The minimum Gasteiger partial charge on any atom is -0.481 e. The Morgan fingerprint density at radius 3 is 2.40 bits per heavy atom. The highest BCUT2D eigenvalue weighted by Crippen LogP contribution is 2.30. The Kier molecular flexibility index (Phi) is 4.09. The smallest absolute Gasteiger partial charge is 0.308 e. The van der Waals surface area contributed by atoms with Crippen LogP contribution in [0, 0.1) is 27.7 Å². The van der Waals surface area contributed by atoms with Crippen molar-refractivity contribution >= 4 is 28.1 Å². The number of carbonyl (C=O) groups is 1. The van der Waals surface area contributed by atoms with Crippen LogP contribution in [-0.2, 0) is 11.2 Å². The number of benzene rings is 1. The normalized spacial score (nSPS) is 10.6. The Morgan fingerprint density at radius 2 is 1.85 bits per heavy atom. The maximum absolute atomic E-state index is 10.8. The lowest BCUT2D eigenvalue weighted by molar-refractivity contribution is -0.136. The first-order valence-corrected chi connectivity index (χ1v) is 7.21. The van der Waals surface area contributed by atoms with Gasteiger partial charge in [0.15, 0.2) is 5.13 Å². The van der Waals surface area contributed by atoms with Gasteiger partial charge in [-0.05, 0) is 38.8 Å². The molecular weight excluding hydrogens is 272 g/mol. The molecule has 0 radical (unpaired) electrons. The van der Waals surface area contributed by atoms with Crippen LogP contribution in [0.3, 0.4) is 0 Å². The molecule has 20 heavy (non-hydrogen) atoms. The molecule has 1 aromatic heterocycles. The van der Waals surface area contributed by atoms with Gasteiger partial charge in [0.25, 0.3) is 0 Å². The summed E-state index contributed by atoms with van der Waals surface area (Å²) in [6.07, 6.45) is 0.0248. The first-order valence-electron chi connectivity index (χ1n) is 6.40. The Morgan fingerprint density at radius 1 is 1.25 bits per heavy atom. The molecule has 0 saturated heterocycles. The van der Waals surface area contributed by atoms with Crippen molar-refractivity contribution in [2.45, 2.75) is 34.1 Å². The standard InChI is InChI=1S/C15H18N2O2S/c1-8-5-9(2)14(10(3)6-8)17-15-16-11(4)12(20-15)7-13(18)19/h5-6H,7H2,1-4H3,(H,16,17)(H,18,19). The van der Waals surface area contributed by atoms with Crippen LogP contribution in [-0.4, -0.2) is 16.1 Å². The van der Waals surface area contributed by atoms with Crippen molar-refractivity contribution in [2.24, 2.45) is 0 Å². The van der Waals surface area contributed by atoms with Gasteiger partial charge in [-0.3, -0.25) is 4.79 Å². The van der Waals surface area contributed by atoms with E-state index in [9.17, 15) is 4.79 Å². The number of anilines is 2. The van der Waals surface area contributed by atoms with E-state index in [1.54, 1.807) is 0 Å². The molecular formula is C15H18N2O2S. The van der Waals surface area contributed by atoms with E-state index in [0.717, 1.165) is 32.5 Å². The van der Waals surface area contributed by atoms with Crippen molar-refractivity contribution in [3.8, 4) is 0 Å². The predicted molar refractivity (Wildman–Crippen MR) is 82.1 cm³/mol. The van der Waals surface area contributed by atoms with E-state index in [4.69, 9.17) is 5.11 Å². The fraction of sp³-hybridized carbons (Fsp3) is 0.333. The molecule has 0 aliphatic rings. The molecule has 106 valence electrons. The first kappa shape index (κ1) is 14.5. The summed E-state index contributed by atoms with van der Waals surface area (Å²) < 4.78 is 0. The molecule has 1 aromatic carbocycles. The van der Waals surface area contributed by atoms with E-state index < -0.39 is 5.97 Å². The van der Waals surface area contributed by atoms with E-state index in [0.29, 0.717) is 0 Å². The zero-order chi connectivity index (χ0) is 14.9. The van der Waals surface area contributed by atoms with Gasteiger partial charge in [0.05, 0.1) is 12.1 Å². The van der Waals surface area contributed by atoms with Gasteiger partial charge in [0.2, 0.25) is 0 Å². The molecule has 0 saturated carbocycles. The zero-order valence-corrected chi connectivity index (χ0v) is 12.9. The lowest BCUT2D eigenvalue weighted by Crippen LogP contribution is -1.99. The number of rotatable bonds is 4. The number of nitrogens with zero attached hydrogens (tertiary/aromatic N) is 1. The molecule has 0 aliphatic heterocycles. The van der Waals surface area contributed by atoms with Gasteiger partial charge >= 0.3 is 5.97 Å². The molecule has 5 heteroatoms. The highest BCUT2D eigenvalue weighted by Gasteiger charge is 2.12. The van der Waals surface area contributed by atoms with Crippen molar-refractivity contribution in [1.29, 1.82) is 0 Å². The minimum atomic E-state index is -0.828. The summed E-state index contributed by atoms with van der Waals surface area (Å²) in [5.74, 6) is -0.828. The van der Waals surface area contributed by atoms with Crippen LogP contribution < -0.4 is 5.32 Å². The molecule has 0 fully saturated rings. The first-order chi connectivity index (χ1) is 9.36. The van der Waals surface area contributed by atoms with Gasteiger partial charge in [-0.1, -0.05) is 17.7 Å².